The lowest BCUT2D eigenvalue weighted by Crippen LogP contribution is -2.16. The van der Waals surface area contributed by atoms with Crippen LogP contribution in [0.4, 0.5) is 0 Å². The van der Waals surface area contributed by atoms with Crippen molar-refractivity contribution < 1.29 is 0 Å². The zero-order valence-electron chi connectivity index (χ0n) is 9.49. The lowest BCUT2D eigenvalue weighted by atomic mass is 10.3. The minimum absolute atomic E-state index is 0.803. The zero-order chi connectivity index (χ0) is 11.9. The molecule has 2 N–H and O–H groups in total. The van der Waals surface area contributed by atoms with Crippen LogP contribution in [0.15, 0.2) is 35.2 Å². The van der Waals surface area contributed by atoms with E-state index in [4.69, 9.17) is 0 Å². The maximum absolute atomic E-state index is 4.36. The zero-order valence-corrected chi connectivity index (χ0v) is 11.1. The van der Waals surface area contributed by atoms with Crippen molar-refractivity contribution in [1.82, 2.24) is 20.3 Å². The molecule has 0 saturated heterocycles. The maximum Gasteiger partial charge on any atom is 0.106 e. The van der Waals surface area contributed by atoms with Gasteiger partial charge in [-0.3, -0.25) is 0 Å². The van der Waals surface area contributed by atoms with Gasteiger partial charge in [-0.25, -0.2) is 9.97 Å². The quantitative estimate of drug-likeness (QED) is 0.635. The van der Waals surface area contributed by atoms with Crippen LogP contribution in [-0.4, -0.2) is 21.5 Å². The SMILES string of the molecule is Brc1cccc(CNCCCc2ncc[nH]2)n1. The summed E-state index contributed by atoms with van der Waals surface area (Å²) in [4.78, 5) is 11.6. The van der Waals surface area contributed by atoms with E-state index in [1.165, 1.54) is 0 Å². The van der Waals surface area contributed by atoms with Gasteiger partial charge in [-0.2, -0.15) is 0 Å². The van der Waals surface area contributed by atoms with E-state index in [-0.39, 0.29) is 0 Å². The molecule has 0 aliphatic heterocycles. The summed E-state index contributed by atoms with van der Waals surface area (Å²) in [5.41, 5.74) is 1.05. The number of nitrogens with one attached hydrogen (secondary N) is 2. The second kappa shape index (κ2) is 6.51. The third kappa shape index (κ3) is 4.28. The van der Waals surface area contributed by atoms with Crippen LogP contribution in [0.2, 0.25) is 0 Å². The predicted molar refractivity (Wildman–Crippen MR) is 70.6 cm³/mol. The summed E-state index contributed by atoms with van der Waals surface area (Å²) < 4.78 is 0.882. The summed E-state index contributed by atoms with van der Waals surface area (Å²) in [6, 6.07) is 5.95. The van der Waals surface area contributed by atoms with Gasteiger partial charge in [0.05, 0.1) is 5.69 Å². The molecule has 5 heteroatoms. The number of rotatable bonds is 6. The Morgan fingerprint density at radius 2 is 2.29 bits per heavy atom. The molecular weight excluding hydrogens is 280 g/mol. The Hall–Kier alpha value is -1.20. The molecular formula is C12H15BrN4. The number of H-pyrrole nitrogens is 1. The lowest BCUT2D eigenvalue weighted by Gasteiger charge is -2.03. The number of aromatic amines is 1. The summed E-state index contributed by atoms with van der Waals surface area (Å²) >= 11 is 3.36. The second-order valence-corrected chi connectivity index (χ2v) is 4.58. The van der Waals surface area contributed by atoms with Crippen LogP contribution in [-0.2, 0) is 13.0 Å². The Morgan fingerprint density at radius 3 is 3.06 bits per heavy atom. The van der Waals surface area contributed by atoms with Crippen molar-refractivity contribution in [2.24, 2.45) is 0 Å². The van der Waals surface area contributed by atoms with Gasteiger partial charge in [0.2, 0.25) is 0 Å². The number of halogens is 1. The first kappa shape index (κ1) is 12.3. The van der Waals surface area contributed by atoms with Crippen molar-refractivity contribution in [1.29, 1.82) is 0 Å². The van der Waals surface area contributed by atoms with Gasteiger partial charge in [-0.15, -0.1) is 0 Å². The smallest absolute Gasteiger partial charge is 0.106 e. The van der Waals surface area contributed by atoms with E-state index in [0.29, 0.717) is 0 Å². The van der Waals surface area contributed by atoms with Gasteiger partial charge in [-0.05, 0) is 41.0 Å². The van der Waals surface area contributed by atoms with E-state index in [1.807, 2.05) is 24.4 Å². The average molecular weight is 295 g/mol. The fourth-order valence-electron chi connectivity index (χ4n) is 1.58. The number of nitrogens with zero attached hydrogens (tertiary/aromatic N) is 2. The van der Waals surface area contributed by atoms with E-state index >= 15 is 0 Å². The number of aryl methyl sites for hydroxylation is 1. The number of aromatic nitrogens is 3. The van der Waals surface area contributed by atoms with Gasteiger partial charge in [-0.1, -0.05) is 6.07 Å². The van der Waals surface area contributed by atoms with Crippen LogP contribution >= 0.6 is 15.9 Å². The van der Waals surface area contributed by atoms with Crippen molar-refractivity contribution in [2.75, 3.05) is 6.54 Å². The Bertz CT molecular complexity index is 442. The van der Waals surface area contributed by atoms with Crippen molar-refractivity contribution in [3.8, 4) is 0 Å². The maximum atomic E-state index is 4.36. The van der Waals surface area contributed by atoms with Crippen LogP contribution in [0.25, 0.3) is 0 Å². The highest BCUT2D eigenvalue weighted by Gasteiger charge is 1.97. The van der Waals surface area contributed by atoms with Crippen LogP contribution in [0, 0.1) is 0 Å². The molecule has 0 unspecified atom stereocenters. The molecule has 0 aromatic carbocycles. The average Bonchev–Trinajstić information content (AvgIpc) is 2.82. The molecule has 2 heterocycles. The van der Waals surface area contributed by atoms with E-state index in [0.717, 1.165) is 42.1 Å². The van der Waals surface area contributed by atoms with E-state index in [1.54, 1.807) is 6.20 Å². The first-order valence-corrected chi connectivity index (χ1v) is 6.44. The number of pyridine rings is 1. The molecule has 0 radical (unpaired) electrons. The first-order chi connectivity index (χ1) is 8.34. The highest BCUT2D eigenvalue weighted by Crippen LogP contribution is 2.05. The monoisotopic (exact) mass is 294 g/mol. The second-order valence-electron chi connectivity index (χ2n) is 3.77. The molecule has 4 nitrogen and oxygen atoms in total. The van der Waals surface area contributed by atoms with E-state index in [9.17, 15) is 0 Å². The van der Waals surface area contributed by atoms with E-state index in [2.05, 4.69) is 36.2 Å². The topological polar surface area (TPSA) is 53.6 Å². The van der Waals surface area contributed by atoms with Crippen molar-refractivity contribution in [2.45, 2.75) is 19.4 Å². The molecule has 2 aromatic heterocycles. The third-order valence-electron chi connectivity index (χ3n) is 2.40. The van der Waals surface area contributed by atoms with Crippen LogP contribution in [0.5, 0.6) is 0 Å². The molecule has 0 amide bonds. The normalized spacial score (nSPS) is 10.6. The molecule has 0 aliphatic rings. The number of hydrogen-bond acceptors (Lipinski definition) is 3. The van der Waals surface area contributed by atoms with Gasteiger partial charge in [0.25, 0.3) is 0 Å². The summed E-state index contributed by atoms with van der Waals surface area (Å²) in [7, 11) is 0. The molecule has 0 aliphatic carbocycles. The molecule has 0 spiro atoms. The van der Waals surface area contributed by atoms with Gasteiger partial charge in [0.15, 0.2) is 0 Å². The standard InChI is InChI=1S/C12H15BrN4/c13-11-4-1-3-10(17-11)9-14-6-2-5-12-15-7-8-16-12/h1,3-4,7-8,14H,2,5-6,9H2,(H,15,16). The van der Waals surface area contributed by atoms with Crippen LogP contribution in [0.3, 0.4) is 0 Å². The predicted octanol–water partition coefficient (Wildman–Crippen LogP) is 2.29. The Labute approximate surface area is 109 Å². The van der Waals surface area contributed by atoms with Crippen molar-refractivity contribution in [3.63, 3.8) is 0 Å². The van der Waals surface area contributed by atoms with Crippen molar-refractivity contribution in [3.05, 3.63) is 46.7 Å². The minimum atomic E-state index is 0.803. The van der Waals surface area contributed by atoms with E-state index < -0.39 is 0 Å². The first-order valence-electron chi connectivity index (χ1n) is 5.65. The largest absolute Gasteiger partial charge is 0.349 e. The third-order valence-corrected chi connectivity index (χ3v) is 2.84. The Balaban J connectivity index is 1.63. The highest BCUT2D eigenvalue weighted by atomic mass is 79.9. The van der Waals surface area contributed by atoms with Gasteiger partial charge < -0.3 is 10.3 Å². The molecule has 2 aromatic rings. The summed E-state index contributed by atoms with van der Waals surface area (Å²) in [6.45, 7) is 1.77. The summed E-state index contributed by atoms with van der Waals surface area (Å²) in [6.07, 6.45) is 5.69. The molecule has 0 bridgehead atoms. The highest BCUT2D eigenvalue weighted by molar-refractivity contribution is 9.10. The molecule has 90 valence electrons. The summed E-state index contributed by atoms with van der Waals surface area (Å²) in [5, 5.41) is 3.37. The molecule has 0 saturated carbocycles. The number of imidazole rings is 1. The lowest BCUT2D eigenvalue weighted by molar-refractivity contribution is 0.632. The fraction of sp³-hybridized carbons (Fsp3) is 0.333. The van der Waals surface area contributed by atoms with Crippen LogP contribution in [0.1, 0.15) is 17.9 Å². The number of hydrogen-bond donors (Lipinski definition) is 2. The van der Waals surface area contributed by atoms with Gasteiger partial charge in [0.1, 0.15) is 10.4 Å². The molecule has 2 rings (SSSR count). The Morgan fingerprint density at radius 1 is 1.35 bits per heavy atom. The van der Waals surface area contributed by atoms with Gasteiger partial charge >= 0.3 is 0 Å². The summed E-state index contributed by atoms with van der Waals surface area (Å²) in [5.74, 6) is 1.05. The molecule has 17 heavy (non-hydrogen) atoms. The van der Waals surface area contributed by atoms with Crippen molar-refractivity contribution >= 4 is 15.9 Å². The fourth-order valence-corrected chi connectivity index (χ4v) is 1.96. The minimum Gasteiger partial charge on any atom is -0.349 e. The molecule has 0 fully saturated rings. The molecule has 0 atom stereocenters. The van der Waals surface area contributed by atoms with Crippen LogP contribution < -0.4 is 5.32 Å². The Kier molecular flexibility index (Phi) is 4.70. The van der Waals surface area contributed by atoms with Gasteiger partial charge in [0, 0.05) is 25.4 Å².